The molecular weight excluding hydrogens is 354 g/mol. The Morgan fingerprint density at radius 3 is 2.78 bits per heavy atom. The zero-order chi connectivity index (χ0) is 18.6. The van der Waals surface area contributed by atoms with Crippen molar-refractivity contribution < 1.29 is 9.47 Å². The van der Waals surface area contributed by atoms with E-state index in [9.17, 15) is 0 Å². The van der Waals surface area contributed by atoms with Gasteiger partial charge in [-0.1, -0.05) is 31.0 Å². The molecule has 1 aromatic heterocycles. The number of nitrogens with one attached hydrogen (secondary N) is 1. The lowest BCUT2D eigenvalue weighted by molar-refractivity contribution is -0.104. The second-order valence-electron chi connectivity index (χ2n) is 8.20. The Labute approximate surface area is 167 Å². The Kier molecular flexibility index (Phi) is 5.86. The minimum absolute atomic E-state index is 0.0897. The zero-order valence-electron chi connectivity index (χ0n) is 16.3. The van der Waals surface area contributed by atoms with E-state index in [1.54, 1.807) is 18.4 Å². The minimum atomic E-state index is 0.0897. The van der Waals surface area contributed by atoms with Crippen LogP contribution in [0.15, 0.2) is 41.1 Å². The maximum atomic E-state index is 6.38. The Morgan fingerprint density at radius 1 is 1.15 bits per heavy atom. The molecule has 27 heavy (non-hydrogen) atoms. The second-order valence-corrected chi connectivity index (χ2v) is 8.98. The summed E-state index contributed by atoms with van der Waals surface area (Å²) in [5.74, 6) is 1.03. The highest BCUT2D eigenvalue weighted by Gasteiger charge is 2.48. The SMILES string of the molecule is COc1ccccc1C1(CCNCc2ccsc2)CCOC2(CCCC2)C1. The van der Waals surface area contributed by atoms with Crippen molar-refractivity contribution in [3.63, 3.8) is 0 Å². The number of para-hydroxylation sites is 1. The molecule has 1 unspecified atom stereocenters. The Hall–Kier alpha value is -1.36. The van der Waals surface area contributed by atoms with Gasteiger partial charge in [0.25, 0.3) is 0 Å². The highest BCUT2D eigenvalue weighted by Crippen LogP contribution is 2.51. The summed E-state index contributed by atoms with van der Waals surface area (Å²) in [6.45, 7) is 2.83. The molecule has 1 saturated carbocycles. The summed E-state index contributed by atoms with van der Waals surface area (Å²) in [7, 11) is 1.80. The Balaban J connectivity index is 1.55. The van der Waals surface area contributed by atoms with Crippen LogP contribution in [0.1, 0.15) is 56.1 Å². The number of thiophene rings is 1. The molecule has 1 aromatic carbocycles. The van der Waals surface area contributed by atoms with Crippen LogP contribution in [0.2, 0.25) is 0 Å². The van der Waals surface area contributed by atoms with Crippen molar-refractivity contribution in [2.75, 3.05) is 20.3 Å². The molecule has 0 bridgehead atoms. The van der Waals surface area contributed by atoms with E-state index in [-0.39, 0.29) is 11.0 Å². The van der Waals surface area contributed by atoms with Crippen LogP contribution in [-0.4, -0.2) is 25.9 Å². The highest BCUT2D eigenvalue weighted by molar-refractivity contribution is 7.07. The van der Waals surface area contributed by atoms with Gasteiger partial charge in [0.05, 0.1) is 12.7 Å². The summed E-state index contributed by atoms with van der Waals surface area (Å²) >= 11 is 1.77. The van der Waals surface area contributed by atoms with E-state index in [0.29, 0.717) is 0 Å². The van der Waals surface area contributed by atoms with Crippen molar-refractivity contribution in [1.29, 1.82) is 0 Å². The van der Waals surface area contributed by atoms with Crippen LogP contribution in [0.4, 0.5) is 0 Å². The molecule has 146 valence electrons. The van der Waals surface area contributed by atoms with E-state index in [4.69, 9.17) is 9.47 Å². The van der Waals surface area contributed by atoms with Crippen molar-refractivity contribution in [2.45, 2.75) is 62.5 Å². The summed E-state index contributed by atoms with van der Waals surface area (Å²) in [4.78, 5) is 0. The third-order valence-electron chi connectivity index (χ3n) is 6.53. The zero-order valence-corrected chi connectivity index (χ0v) is 17.2. The first-order valence-electron chi connectivity index (χ1n) is 10.2. The number of hydrogen-bond acceptors (Lipinski definition) is 4. The maximum absolute atomic E-state index is 6.38. The van der Waals surface area contributed by atoms with Crippen LogP contribution in [0, 0.1) is 0 Å². The molecule has 1 N–H and O–H groups in total. The van der Waals surface area contributed by atoms with Crippen LogP contribution in [-0.2, 0) is 16.7 Å². The molecule has 1 saturated heterocycles. The standard InChI is InChI=1S/C23H31NO2S/c1-25-21-7-3-2-6-20(21)22(11-13-24-16-19-8-15-27-17-19)12-14-26-23(18-22)9-4-5-10-23/h2-3,6-8,15,17,24H,4-5,9-14,16,18H2,1H3. The van der Waals surface area contributed by atoms with E-state index < -0.39 is 0 Å². The lowest BCUT2D eigenvalue weighted by Gasteiger charge is -2.47. The van der Waals surface area contributed by atoms with Gasteiger partial charge in [-0.05, 0) is 67.1 Å². The van der Waals surface area contributed by atoms with E-state index >= 15 is 0 Å². The summed E-state index contributed by atoms with van der Waals surface area (Å²) in [6.07, 6.45) is 8.37. The summed E-state index contributed by atoms with van der Waals surface area (Å²) in [6, 6.07) is 10.8. The van der Waals surface area contributed by atoms with Gasteiger partial charge in [0.1, 0.15) is 5.75 Å². The monoisotopic (exact) mass is 385 g/mol. The number of benzene rings is 1. The molecule has 4 rings (SSSR count). The Morgan fingerprint density at radius 2 is 2.00 bits per heavy atom. The van der Waals surface area contributed by atoms with Gasteiger partial charge in [-0.2, -0.15) is 11.3 Å². The first-order chi connectivity index (χ1) is 13.3. The smallest absolute Gasteiger partial charge is 0.122 e. The van der Waals surface area contributed by atoms with Crippen LogP contribution in [0.3, 0.4) is 0 Å². The molecule has 3 nitrogen and oxygen atoms in total. The van der Waals surface area contributed by atoms with Gasteiger partial charge in [-0.25, -0.2) is 0 Å². The van der Waals surface area contributed by atoms with Crippen molar-refractivity contribution >= 4 is 11.3 Å². The summed E-state index contributed by atoms with van der Waals surface area (Å²) in [5, 5.41) is 8.05. The first kappa shape index (κ1) is 19.0. The van der Waals surface area contributed by atoms with E-state index in [1.165, 1.54) is 36.8 Å². The molecule has 4 heteroatoms. The topological polar surface area (TPSA) is 30.5 Å². The third-order valence-corrected chi connectivity index (χ3v) is 7.26. The first-order valence-corrected chi connectivity index (χ1v) is 11.2. The van der Waals surface area contributed by atoms with E-state index in [1.807, 2.05) is 0 Å². The molecule has 0 radical (unpaired) electrons. The van der Waals surface area contributed by atoms with E-state index in [2.05, 4.69) is 46.4 Å². The fourth-order valence-electron chi connectivity index (χ4n) is 5.17. The largest absolute Gasteiger partial charge is 0.496 e. The molecule has 2 heterocycles. The third kappa shape index (κ3) is 4.08. The van der Waals surface area contributed by atoms with Gasteiger partial charge < -0.3 is 14.8 Å². The van der Waals surface area contributed by atoms with Gasteiger partial charge in [-0.15, -0.1) is 0 Å². The molecule has 2 aromatic rings. The molecule has 2 fully saturated rings. The Bertz CT molecular complexity index is 724. The van der Waals surface area contributed by atoms with Gasteiger partial charge in [0.2, 0.25) is 0 Å². The van der Waals surface area contributed by atoms with Gasteiger partial charge in [0.15, 0.2) is 0 Å². The number of ether oxygens (including phenoxy) is 2. The van der Waals surface area contributed by atoms with Crippen molar-refractivity contribution in [2.24, 2.45) is 0 Å². The second kappa shape index (κ2) is 8.34. The molecule has 1 spiro atoms. The normalized spacial score (nSPS) is 24.3. The molecular formula is C23H31NO2S. The van der Waals surface area contributed by atoms with Crippen molar-refractivity contribution in [3.8, 4) is 5.75 Å². The van der Waals surface area contributed by atoms with Gasteiger partial charge in [0, 0.05) is 24.1 Å². The highest BCUT2D eigenvalue weighted by atomic mass is 32.1. The number of hydrogen-bond donors (Lipinski definition) is 1. The van der Waals surface area contributed by atoms with Crippen LogP contribution >= 0.6 is 11.3 Å². The maximum Gasteiger partial charge on any atom is 0.122 e. The number of rotatable bonds is 7. The van der Waals surface area contributed by atoms with Gasteiger partial charge in [-0.3, -0.25) is 0 Å². The fourth-order valence-corrected chi connectivity index (χ4v) is 5.84. The van der Waals surface area contributed by atoms with Crippen LogP contribution in [0.5, 0.6) is 5.75 Å². The minimum Gasteiger partial charge on any atom is -0.496 e. The predicted octanol–water partition coefficient (Wildman–Crippen LogP) is 5.30. The lowest BCUT2D eigenvalue weighted by atomic mass is 9.66. The molecule has 1 aliphatic carbocycles. The van der Waals surface area contributed by atoms with Crippen LogP contribution in [0.25, 0.3) is 0 Å². The van der Waals surface area contributed by atoms with Crippen molar-refractivity contribution in [3.05, 3.63) is 52.2 Å². The summed E-state index contributed by atoms with van der Waals surface area (Å²) in [5.41, 5.74) is 2.98. The summed E-state index contributed by atoms with van der Waals surface area (Å²) < 4.78 is 12.2. The fraction of sp³-hybridized carbons (Fsp3) is 0.565. The average Bonchev–Trinajstić information content (AvgIpc) is 3.38. The number of methoxy groups -OCH3 is 1. The lowest BCUT2D eigenvalue weighted by Crippen LogP contribution is -2.47. The molecule has 2 aliphatic rings. The average molecular weight is 386 g/mol. The van der Waals surface area contributed by atoms with Gasteiger partial charge >= 0.3 is 0 Å². The van der Waals surface area contributed by atoms with Crippen molar-refractivity contribution in [1.82, 2.24) is 5.32 Å². The van der Waals surface area contributed by atoms with E-state index in [0.717, 1.165) is 44.7 Å². The van der Waals surface area contributed by atoms with Crippen LogP contribution < -0.4 is 10.1 Å². The molecule has 1 atom stereocenters. The molecule has 1 aliphatic heterocycles. The predicted molar refractivity (Wildman–Crippen MR) is 112 cm³/mol. The quantitative estimate of drug-likeness (QED) is 0.656. The molecule has 0 amide bonds.